The Morgan fingerprint density at radius 2 is 1.93 bits per heavy atom. The van der Waals surface area contributed by atoms with Crippen LogP contribution in [0.1, 0.15) is 45.1 Å². The Hall–Kier alpha value is -2.54. The molecule has 0 aliphatic heterocycles. The van der Waals surface area contributed by atoms with Gasteiger partial charge in [0.2, 0.25) is 11.8 Å². The average molecular weight is 433 g/mol. The third-order valence-corrected chi connectivity index (χ3v) is 5.49. The van der Waals surface area contributed by atoms with Gasteiger partial charge in [0.05, 0.1) is 7.11 Å². The largest absolute Gasteiger partial charge is 0.493 e. The fourth-order valence-electron chi connectivity index (χ4n) is 2.79. The van der Waals surface area contributed by atoms with Gasteiger partial charge in [0.15, 0.2) is 11.5 Å². The van der Waals surface area contributed by atoms with Crippen LogP contribution in [-0.4, -0.2) is 36.4 Å². The van der Waals surface area contributed by atoms with Crippen LogP contribution in [-0.2, 0) is 22.7 Å². The fraction of sp³-hybridized carbons (Fsp3) is 0.478. The molecule has 7 heteroatoms. The third-order valence-electron chi connectivity index (χ3n) is 4.64. The van der Waals surface area contributed by atoms with Crippen LogP contribution in [0.25, 0.3) is 0 Å². The number of nitrogens with zero attached hydrogens (tertiary/aromatic N) is 1. The van der Waals surface area contributed by atoms with E-state index in [9.17, 15) is 9.59 Å². The van der Waals surface area contributed by atoms with Crippen molar-refractivity contribution in [2.45, 2.75) is 53.8 Å². The summed E-state index contributed by atoms with van der Waals surface area (Å²) in [7, 11) is 1.60. The summed E-state index contributed by atoms with van der Waals surface area (Å²) in [5, 5.41) is 4.82. The zero-order valence-electron chi connectivity index (χ0n) is 18.7. The maximum atomic E-state index is 12.9. The number of benzene rings is 1. The first-order valence-corrected chi connectivity index (χ1v) is 11.0. The molecule has 2 rings (SSSR count). The van der Waals surface area contributed by atoms with Gasteiger partial charge in [-0.2, -0.15) is 0 Å². The molecule has 1 aromatic carbocycles. The van der Waals surface area contributed by atoms with Crippen molar-refractivity contribution in [2.75, 3.05) is 13.7 Å². The lowest BCUT2D eigenvalue weighted by atomic mass is 9.95. The zero-order valence-corrected chi connectivity index (χ0v) is 19.5. The summed E-state index contributed by atoms with van der Waals surface area (Å²) in [4.78, 5) is 27.9. The van der Waals surface area contributed by atoms with Gasteiger partial charge in [0, 0.05) is 23.4 Å². The molecule has 0 aliphatic carbocycles. The van der Waals surface area contributed by atoms with E-state index in [1.807, 2.05) is 63.4 Å². The quantitative estimate of drug-likeness (QED) is 0.644. The number of hydrogen-bond acceptors (Lipinski definition) is 5. The lowest BCUT2D eigenvalue weighted by molar-refractivity contribution is -0.138. The van der Waals surface area contributed by atoms with Crippen LogP contribution in [0, 0.1) is 5.41 Å². The van der Waals surface area contributed by atoms with Crippen LogP contribution in [0.5, 0.6) is 11.5 Å². The Balaban J connectivity index is 2.05. The van der Waals surface area contributed by atoms with E-state index in [1.54, 1.807) is 30.3 Å². The first kappa shape index (κ1) is 23.7. The molecule has 1 unspecified atom stereocenters. The highest BCUT2D eigenvalue weighted by atomic mass is 32.1. The second kappa shape index (κ2) is 10.5. The van der Waals surface area contributed by atoms with Gasteiger partial charge in [0.25, 0.3) is 0 Å². The molecule has 1 aromatic heterocycles. The number of ether oxygens (including phenoxy) is 2. The summed E-state index contributed by atoms with van der Waals surface area (Å²) in [6.45, 7) is 10.6. The van der Waals surface area contributed by atoms with Gasteiger partial charge in [-0.15, -0.1) is 11.3 Å². The van der Waals surface area contributed by atoms with E-state index in [0.717, 1.165) is 10.4 Å². The van der Waals surface area contributed by atoms with Crippen molar-refractivity contribution in [1.29, 1.82) is 0 Å². The highest BCUT2D eigenvalue weighted by Gasteiger charge is 2.27. The number of amides is 2. The topological polar surface area (TPSA) is 67.9 Å². The number of methoxy groups -OCH3 is 1. The molecule has 164 valence electrons. The fourth-order valence-corrected chi connectivity index (χ4v) is 3.40. The molecule has 0 aliphatic rings. The van der Waals surface area contributed by atoms with E-state index in [0.29, 0.717) is 31.2 Å². The first-order valence-electron chi connectivity index (χ1n) is 10.1. The number of nitrogens with one attached hydrogen (secondary N) is 1. The molecule has 1 atom stereocenters. The van der Waals surface area contributed by atoms with Crippen LogP contribution >= 0.6 is 11.3 Å². The Labute approximate surface area is 183 Å². The molecule has 0 saturated heterocycles. The number of carbonyl (C=O) groups is 2. The van der Waals surface area contributed by atoms with E-state index in [4.69, 9.17) is 9.47 Å². The van der Waals surface area contributed by atoms with Crippen molar-refractivity contribution >= 4 is 23.2 Å². The molecule has 6 nitrogen and oxygen atoms in total. The maximum absolute atomic E-state index is 12.9. The van der Waals surface area contributed by atoms with Gasteiger partial charge < -0.3 is 19.7 Å². The van der Waals surface area contributed by atoms with Gasteiger partial charge >= 0.3 is 0 Å². The minimum atomic E-state index is -0.591. The van der Waals surface area contributed by atoms with Crippen LogP contribution in [0.2, 0.25) is 0 Å². The van der Waals surface area contributed by atoms with Crippen molar-refractivity contribution < 1.29 is 19.1 Å². The van der Waals surface area contributed by atoms with Crippen molar-refractivity contribution in [1.82, 2.24) is 10.2 Å². The third kappa shape index (κ3) is 6.49. The standard InChI is InChI=1S/C23H32N2O4S/c1-7-25(21(26)16(2)24-22(27)23(3,4)5)14-17-10-11-19(20(13-17)28-6)29-15-18-9-8-12-30-18/h8-13,16H,7,14-15H2,1-6H3,(H,24,27). The molecule has 30 heavy (non-hydrogen) atoms. The Morgan fingerprint density at radius 3 is 2.50 bits per heavy atom. The number of likely N-dealkylation sites (N-methyl/N-ethyl adjacent to an activating group) is 1. The molecular weight excluding hydrogens is 400 g/mol. The summed E-state index contributed by atoms with van der Waals surface area (Å²) < 4.78 is 11.4. The van der Waals surface area contributed by atoms with Crippen molar-refractivity contribution in [3.05, 3.63) is 46.2 Å². The van der Waals surface area contributed by atoms with Crippen molar-refractivity contribution in [2.24, 2.45) is 5.41 Å². The molecular formula is C23H32N2O4S. The monoisotopic (exact) mass is 432 g/mol. The average Bonchev–Trinajstić information content (AvgIpc) is 3.23. The molecule has 0 bridgehead atoms. The second-order valence-corrected chi connectivity index (χ2v) is 9.18. The zero-order chi connectivity index (χ0) is 22.3. The summed E-state index contributed by atoms with van der Waals surface area (Å²) >= 11 is 1.64. The number of carbonyl (C=O) groups excluding carboxylic acids is 2. The summed E-state index contributed by atoms with van der Waals surface area (Å²) in [6, 6.07) is 9.11. The second-order valence-electron chi connectivity index (χ2n) is 8.15. The molecule has 0 fully saturated rings. The van der Waals surface area contributed by atoms with E-state index < -0.39 is 11.5 Å². The minimum Gasteiger partial charge on any atom is -0.493 e. The SMILES string of the molecule is CCN(Cc1ccc(OCc2cccs2)c(OC)c1)C(=O)C(C)NC(=O)C(C)(C)C. The van der Waals surface area contributed by atoms with Gasteiger partial charge in [0.1, 0.15) is 12.6 Å². The van der Waals surface area contributed by atoms with Crippen LogP contribution in [0.3, 0.4) is 0 Å². The van der Waals surface area contributed by atoms with E-state index in [1.165, 1.54) is 0 Å². The molecule has 1 N–H and O–H groups in total. The molecule has 0 spiro atoms. The lowest BCUT2D eigenvalue weighted by Crippen LogP contribution is -2.49. The number of thiophene rings is 1. The van der Waals surface area contributed by atoms with E-state index in [-0.39, 0.29) is 11.8 Å². The maximum Gasteiger partial charge on any atom is 0.245 e. The number of hydrogen-bond donors (Lipinski definition) is 1. The van der Waals surface area contributed by atoms with Gasteiger partial charge in [-0.3, -0.25) is 9.59 Å². The van der Waals surface area contributed by atoms with Crippen LogP contribution in [0.4, 0.5) is 0 Å². The molecule has 2 aromatic rings. The molecule has 1 heterocycles. The van der Waals surface area contributed by atoms with Gasteiger partial charge in [-0.05, 0) is 43.0 Å². The van der Waals surface area contributed by atoms with E-state index in [2.05, 4.69) is 5.32 Å². The van der Waals surface area contributed by atoms with Gasteiger partial charge in [-0.25, -0.2) is 0 Å². The molecule has 0 saturated carbocycles. The highest BCUT2D eigenvalue weighted by Crippen LogP contribution is 2.30. The minimum absolute atomic E-state index is 0.118. The van der Waals surface area contributed by atoms with Crippen LogP contribution < -0.4 is 14.8 Å². The molecule has 2 amide bonds. The van der Waals surface area contributed by atoms with Crippen molar-refractivity contribution in [3.8, 4) is 11.5 Å². The van der Waals surface area contributed by atoms with Crippen molar-refractivity contribution in [3.63, 3.8) is 0 Å². The summed E-state index contributed by atoms with van der Waals surface area (Å²) in [6.07, 6.45) is 0. The Bertz CT molecular complexity index is 843. The predicted octanol–water partition coefficient (Wildman–Crippen LogP) is 4.24. The van der Waals surface area contributed by atoms with Gasteiger partial charge in [-0.1, -0.05) is 32.9 Å². The Kier molecular flexibility index (Phi) is 8.29. The summed E-state index contributed by atoms with van der Waals surface area (Å²) in [5.74, 6) is 1.02. The Morgan fingerprint density at radius 1 is 1.20 bits per heavy atom. The smallest absolute Gasteiger partial charge is 0.245 e. The van der Waals surface area contributed by atoms with E-state index >= 15 is 0 Å². The van der Waals surface area contributed by atoms with Crippen LogP contribution in [0.15, 0.2) is 35.7 Å². The normalized spacial score (nSPS) is 12.2. The lowest BCUT2D eigenvalue weighted by Gasteiger charge is -2.27. The highest BCUT2D eigenvalue weighted by molar-refractivity contribution is 7.09. The molecule has 0 radical (unpaired) electrons. The summed E-state index contributed by atoms with van der Waals surface area (Å²) in [5.41, 5.74) is 0.387. The number of rotatable bonds is 9. The first-order chi connectivity index (χ1) is 14.2. The predicted molar refractivity (Wildman–Crippen MR) is 120 cm³/mol.